The van der Waals surface area contributed by atoms with E-state index in [0.717, 1.165) is 26.2 Å². The minimum Gasteiger partial charge on any atom is -0.437 e. The van der Waals surface area contributed by atoms with Gasteiger partial charge in [-0.25, -0.2) is 15.0 Å². The standard InChI is InChI=1S/C13H7N3OS2/c1-2-9-11(19-7-16-9)5-8(1)17-13-12-10(3-4-18-12)14-6-15-13/h1-7H. The van der Waals surface area contributed by atoms with Crippen LogP contribution in [0, 0.1) is 0 Å². The molecule has 0 fully saturated rings. The lowest BCUT2D eigenvalue weighted by atomic mass is 10.3. The zero-order valence-electron chi connectivity index (χ0n) is 9.61. The van der Waals surface area contributed by atoms with Crippen LogP contribution in [0.1, 0.15) is 0 Å². The van der Waals surface area contributed by atoms with E-state index in [0.29, 0.717) is 5.88 Å². The first-order valence-corrected chi connectivity index (χ1v) is 7.35. The number of nitrogens with zero attached hydrogens (tertiary/aromatic N) is 3. The molecule has 1 aromatic carbocycles. The van der Waals surface area contributed by atoms with E-state index in [4.69, 9.17) is 4.74 Å². The van der Waals surface area contributed by atoms with E-state index < -0.39 is 0 Å². The van der Waals surface area contributed by atoms with Crippen molar-refractivity contribution < 1.29 is 4.74 Å². The molecule has 0 aliphatic rings. The number of rotatable bonds is 2. The predicted octanol–water partition coefficient (Wildman–Crippen LogP) is 4.09. The van der Waals surface area contributed by atoms with Crippen LogP contribution in [0.15, 0.2) is 41.5 Å². The fraction of sp³-hybridized carbons (Fsp3) is 0. The molecule has 0 aliphatic carbocycles. The van der Waals surface area contributed by atoms with Crippen molar-refractivity contribution in [3.05, 3.63) is 41.5 Å². The first-order valence-electron chi connectivity index (χ1n) is 5.59. The molecule has 0 bridgehead atoms. The third-order valence-electron chi connectivity index (χ3n) is 2.73. The summed E-state index contributed by atoms with van der Waals surface area (Å²) >= 11 is 3.17. The minimum atomic E-state index is 0.601. The number of thiophene rings is 1. The molecule has 0 aliphatic heterocycles. The highest BCUT2D eigenvalue weighted by Gasteiger charge is 2.08. The summed E-state index contributed by atoms with van der Waals surface area (Å²) in [7, 11) is 0. The second kappa shape index (κ2) is 4.25. The first-order chi connectivity index (χ1) is 9.40. The molecule has 3 aromatic heterocycles. The van der Waals surface area contributed by atoms with Crippen LogP contribution < -0.4 is 4.74 Å². The van der Waals surface area contributed by atoms with Crippen LogP contribution in [0.4, 0.5) is 0 Å². The monoisotopic (exact) mass is 285 g/mol. The van der Waals surface area contributed by atoms with Crippen molar-refractivity contribution in [2.75, 3.05) is 0 Å². The number of thiazole rings is 1. The zero-order chi connectivity index (χ0) is 12.7. The second-order valence-corrected chi connectivity index (χ2v) is 5.70. The zero-order valence-corrected chi connectivity index (χ0v) is 11.2. The molecule has 0 saturated heterocycles. The maximum atomic E-state index is 5.87. The molecule has 0 saturated carbocycles. The molecule has 0 N–H and O–H groups in total. The Labute approximate surface area is 116 Å². The molecule has 92 valence electrons. The van der Waals surface area contributed by atoms with Crippen molar-refractivity contribution in [3.63, 3.8) is 0 Å². The molecule has 0 atom stereocenters. The van der Waals surface area contributed by atoms with Crippen LogP contribution in [0.25, 0.3) is 20.4 Å². The summed E-state index contributed by atoms with van der Waals surface area (Å²) in [6.07, 6.45) is 1.52. The Bertz CT molecular complexity index is 868. The Morgan fingerprint density at radius 1 is 0.947 bits per heavy atom. The Balaban J connectivity index is 1.79. The quantitative estimate of drug-likeness (QED) is 0.556. The van der Waals surface area contributed by atoms with Crippen molar-refractivity contribution in [1.29, 1.82) is 0 Å². The van der Waals surface area contributed by atoms with Gasteiger partial charge in [-0.15, -0.1) is 22.7 Å². The van der Waals surface area contributed by atoms with Crippen LogP contribution in [0.5, 0.6) is 11.6 Å². The lowest BCUT2D eigenvalue weighted by Gasteiger charge is -2.04. The smallest absolute Gasteiger partial charge is 0.240 e. The molecule has 0 unspecified atom stereocenters. The van der Waals surface area contributed by atoms with Gasteiger partial charge in [0.25, 0.3) is 0 Å². The number of hydrogen-bond donors (Lipinski definition) is 0. The highest BCUT2D eigenvalue weighted by atomic mass is 32.1. The van der Waals surface area contributed by atoms with Crippen LogP contribution >= 0.6 is 22.7 Å². The Morgan fingerprint density at radius 2 is 1.95 bits per heavy atom. The van der Waals surface area contributed by atoms with Gasteiger partial charge in [0.15, 0.2) is 0 Å². The molecule has 0 amide bonds. The molecule has 4 nitrogen and oxygen atoms in total. The number of aromatic nitrogens is 3. The summed E-state index contributed by atoms with van der Waals surface area (Å²) in [6, 6.07) is 7.80. The van der Waals surface area contributed by atoms with Crippen molar-refractivity contribution in [3.8, 4) is 11.6 Å². The molecule has 0 radical (unpaired) electrons. The molecule has 4 aromatic rings. The first kappa shape index (κ1) is 10.8. The molecule has 6 heteroatoms. The summed E-state index contributed by atoms with van der Waals surface area (Å²) in [5.74, 6) is 1.37. The summed E-state index contributed by atoms with van der Waals surface area (Å²) in [5, 5.41) is 1.98. The van der Waals surface area contributed by atoms with E-state index in [1.54, 1.807) is 22.7 Å². The maximum Gasteiger partial charge on any atom is 0.240 e. The number of ether oxygens (including phenoxy) is 1. The summed E-state index contributed by atoms with van der Waals surface area (Å²) in [5.41, 5.74) is 3.73. The van der Waals surface area contributed by atoms with Crippen LogP contribution in [-0.4, -0.2) is 15.0 Å². The normalized spacial score (nSPS) is 11.2. The fourth-order valence-corrected chi connectivity index (χ4v) is 3.32. The molecular weight excluding hydrogens is 278 g/mol. The summed E-state index contributed by atoms with van der Waals surface area (Å²) in [4.78, 5) is 12.7. The average molecular weight is 285 g/mol. The SMILES string of the molecule is c1nc(Oc2ccc3ncsc3c2)c2sccc2n1. The van der Waals surface area contributed by atoms with E-state index in [1.807, 2.05) is 35.2 Å². The molecule has 3 heterocycles. The van der Waals surface area contributed by atoms with Gasteiger partial charge < -0.3 is 4.74 Å². The van der Waals surface area contributed by atoms with Gasteiger partial charge in [0, 0.05) is 6.07 Å². The second-order valence-electron chi connectivity index (χ2n) is 3.90. The molecule has 0 spiro atoms. The summed E-state index contributed by atoms with van der Waals surface area (Å²) in [6.45, 7) is 0. The van der Waals surface area contributed by atoms with Crippen molar-refractivity contribution in [2.45, 2.75) is 0 Å². The fourth-order valence-electron chi connectivity index (χ4n) is 1.85. The van der Waals surface area contributed by atoms with Gasteiger partial charge in [0.1, 0.15) is 16.8 Å². The van der Waals surface area contributed by atoms with Crippen LogP contribution in [-0.2, 0) is 0 Å². The topological polar surface area (TPSA) is 47.9 Å². The van der Waals surface area contributed by atoms with Crippen LogP contribution in [0.2, 0.25) is 0 Å². The summed E-state index contributed by atoms with van der Waals surface area (Å²) < 4.78 is 7.94. The number of hydrogen-bond acceptors (Lipinski definition) is 6. The van der Waals surface area contributed by atoms with E-state index >= 15 is 0 Å². The van der Waals surface area contributed by atoms with Gasteiger partial charge in [-0.3, -0.25) is 0 Å². The Morgan fingerprint density at radius 3 is 2.95 bits per heavy atom. The van der Waals surface area contributed by atoms with Crippen molar-refractivity contribution in [2.24, 2.45) is 0 Å². The predicted molar refractivity (Wildman–Crippen MR) is 77.1 cm³/mol. The van der Waals surface area contributed by atoms with Gasteiger partial charge in [-0.2, -0.15) is 0 Å². The number of benzene rings is 1. The molecular formula is C13H7N3OS2. The number of fused-ring (bicyclic) bond motifs is 2. The lowest BCUT2D eigenvalue weighted by Crippen LogP contribution is -1.88. The molecule has 4 rings (SSSR count). The van der Waals surface area contributed by atoms with E-state index in [-0.39, 0.29) is 0 Å². The largest absolute Gasteiger partial charge is 0.437 e. The van der Waals surface area contributed by atoms with Gasteiger partial charge in [-0.05, 0) is 23.6 Å². The van der Waals surface area contributed by atoms with E-state index in [1.165, 1.54) is 6.33 Å². The van der Waals surface area contributed by atoms with E-state index in [9.17, 15) is 0 Å². The van der Waals surface area contributed by atoms with E-state index in [2.05, 4.69) is 15.0 Å². The Kier molecular flexibility index (Phi) is 2.43. The van der Waals surface area contributed by atoms with Gasteiger partial charge in [-0.1, -0.05) is 0 Å². The van der Waals surface area contributed by atoms with Crippen molar-refractivity contribution in [1.82, 2.24) is 15.0 Å². The minimum absolute atomic E-state index is 0.601. The average Bonchev–Trinajstić information content (AvgIpc) is 3.06. The maximum absolute atomic E-state index is 5.87. The lowest BCUT2D eigenvalue weighted by molar-refractivity contribution is 0.470. The highest BCUT2D eigenvalue weighted by molar-refractivity contribution is 7.17. The third-order valence-corrected chi connectivity index (χ3v) is 4.41. The van der Waals surface area contributed by atoms with Gasteiger partial charge in [0.2, 0.25) is 5.88 Å². The highest BCUT2D eigenvalue weighted by Crippen LogP contribution is 2.32. The Hall–Kier alpha value is -2.05. The van der Waals surface area contributed by atoms with Crippen LogP contribution in [0.3, 0.4) is 0 Å². The van der Waals surface area contributed by atoms with Gasteiger partial charge in [0.05, 0.1) is 21.2 Å². The third kappa shape index (κ3) is 1.85. The van der Waals surface area contributed by atoms with Crippen molar-refractivity contribution >= 4 is 43.1 Å². The molecule has 19 heavy (non-hydrogen) atoms. The van der Waals surface area contributed by atoms with Gasteiger partial charge >= 0.3 is 0 Å².